The first kappa shape index (κ1) is 20.1. The Morgan fingerprint density at radius 2 is 1.25 bits per heavy atom. The molecule has 0 aromatic heterocycles. The lowest BCUT2D eigenvalue weighted by Gasteiger charge is -2.14. The predicted octanol–water partition coefficient (Wildman–Crippen LogP) is 7.32. The van der Waals surface area contributed by atoms with E-state index in [1.807, 2.05) is 78.9 Å². The third kappa shape index (κ3) is 3.66. The molecular weight excluding hydrogens is 420 g/mol. The molecule has 0 saturated heterocycles. The Balaban J connectivity index is 1.84. The number of fused-ring (bicyclic) bond motifs is 2. The SMILES string of the molecule is O=S(=O)(O)c1cc2ccccc2c(N=Nc2cccc3ccccc23)c1-c1ccccc1. The molecule has 1 N–H and O–H groups in total. The van der Waals surface area contributed by atoms with Crippen molar-refractivity contribution in [3.63, 3.8) is 0 Å². The first-order valence-corrected chi connectivity index (χ1v) is 11.4. The van der Waals surface area contributed by atoms with E-state index in [0.29, 0.717) is 27.9 Å². The highest BCUT2D eigenvalue weighted by molar-refractivity contribution is 7.86. The molecule has 156 valence electrons. The minimum absolute atomic E-state index is 0.200. The molecule has 5 nitrogen and oxygen atoms in total. The molecule has 5 aromatic carbocycles. The summed E-state index contributed by atoms with van der Waals surface area (Å²) in [5, 5.41) is 12.4. The fourth-order valence-electron chi connectivity index (χ4n) is 3.89. The van der Waals surface area contributed by atoms with Gasteiger partial charge >= 0.3 is 0 Å². The summed E-state index contributed by atoms with van der Waals surface area (Å²) in [6.07, 6.45) is 0. The Morgan fingerprint density at radius 3 is 2.00 bits per heavy atom. The Kier molecular flexibility index (Phi) is 5.01. The second-order valence-electron chi connectivity index (χ2n) is 7.36. The van der Waals surface area contributed by atoms with Gasteiger partial charge in [0.15, 0.2) is 0 Å². The van der Waals surface area contributed by atoms with Gasteiger partial charge in [0.25, 0.3) is 10.1 Å². The largest absolute Gasteiger partial charge is 0.295 e. The molecule has 0 spiro atoms. The molecule has 6 heteroatoms. The van der Waals surface area contributed by atoms with E-state index in [1.165, 1.54) is 6.07 Å². The van der Waals surface area contributed by atoms with E-state index in [2.05, 4.69) is 10.2 Å². The predicted molar refractivity (Wildman–Crippen MR) is 127 cm³/mol. The van der Waals surface area contributed by atoms with Gasteiger partial charge in [0, 0.05) is 16.3 Å². The average molecular weight is 439 g/mol. The Morgan fingerprint density at radius 1 is 0.625 bits per heavy atom. The van der Waals surface area contributed by atoms with Crippen LogP contribution in [0.4, 0.5) is 11.4 Å². The maximum Gasteiger partial charge on any atom is 0.295 e. The summed E-state index contributed by atoms with van der Waals surface area (Å²) in [6, 6.07) is 31.5. The fourth-order valence-corrected chi connectivity index (χ4v) is 4.64. The lowest BCUT2D eigenvalue weighted by Crippen LogP contribution is -2.01. The van der Waals surface area contributed by atoms with Crippen LogP contribution in [0, 0.1) is 0 Å². The van der Waals surface area contributed by atoms with Crippen LogP contribution >= 0.6 is 0 Å². The van der Waals surface area contributed by atoms with Crippen LogP contribution in [-0.2, 0) is 10.1 Å². The van der Waals surface area contributed by atoms with Crippen molar-refractivity contribution < 1.29 is 13.0 Å². The van der Waals surface area contributed by atoms with Gasteiger partial charge in [-0.05, 0) is 28.5 Å². The molecule has 0 fully saturated rings. The highest BCUT2D eigenvalue weighted by Crippen LogP contribution is 2.43. The minimum Gasteiger partial charge on any atom is -0.282 e. The maximum atomic E-state index is 12.4. The molecule has 0 radical (unpaired) electrons. The number of benzene rings is 5. The summed E-state index contributed by atoms with van der Waals surface area (Å²) in [7, 11) is -4.51. The molecule has 0 aliphatic rings. The average Bonchev–Trinajstić information content (AvgIpc) is 2.82. The van der Waals surface area contributed by atoms with Crippen LogP contribution in [0.15, 0.2) is 118 Å². The fraction of sp³-hybridized carbons (Fsp3) is 0. The van der Waals surface area contributed by atoms with Crippen molar-refractivity contribution in [3.05, 3.63) is 103 Å². The van der Waals surface area contributed by atoms with E-state index in [9.17, 15) is 13.0 Å². The number of hydrogen-bond acceptors (Lipinski definition) is 4. The van der Waals surface area contributed by atoms with E-state index in [1.54, 1.807) is 18.2 Å². The summed E-state index contributed by atoms with van der Waals surface area (Å²) in [5.74, 6) is 0. The molecule has 32 heavy (non-hydrogen) atoms. The molecule has 0 aliphatic carbocycles. The third-order valence-corrected chi connectivity index (χ3v) is 6.23. The highest BCUT2D eigenvalue weighted by atomic mass is 32.2. The van der Waals surface area contributed by atoms with Crippen molar-refractivity contribution in [2.75, 3.05) is 0 Å². The van der Waals surface area contributed by atoms with Crippen molar-refractivity contribution >= 4 is 43.0 Å². The van der Waals surface area contributed by atoms with Crippen LogP contribution in [0.5, 0.6) is 0 Å². The van der Waals surface area contributed by atoms with Gasteiger partial charge in [0.1, 0.15) is 10.6 Å². The second kappa shape index (κ2) is 8.00. The van der Waals surface area contributed by atoms with Gasteiger partial charge in [0.2, 0.25) is 0 Å². The van der Waals surface area contributed by atoms with Crippen molar-refractivity contribution in [1.29, 1.82) is 0 Å². The molecule has 0 bridgehead atoms. The summed E-state index contributed by atoms with van der Waals surface area (Å²) < 4.78 is 34.8. The quantitative estimate of drug-likeness (QED) is 0.236. The van der Waals surface area contributed by atoms with Gasteiger partial charge < -0.3 is 0 Å². The van der Waals surface area contributed by atoms with Crippen molar-refractivity contribution in [3.8, 4) is 11.1 Å². The number of hydrogen-bond donors (Lipinski definition) is 1. The van der Waals surface area contributed by atoms with E-state index in [-0.39, 0.29) is 4.90 Å². The monoisotopic (exact) mass is 438 g/mol. The van der Waals surface area contributed by atoms with Crippen LogP contribution < -0.4 is 0 Å². The Labute approximate surface area is 185 Å². The van der Waals surface area contributed by atoms with E-state index >= 15 is 0 Å². The molecule has 0 atom stereocenters. The van der Waals surface area contributed by atoms with Gasteiger partial charge in [-0.2, -0.15) is 8.42 Å². The lowest BCUT2D eigenvalue weighted by atomic mass is 9.98. The molecule has 0 unspecified atom stereocenters. The topological polar surface area (TPSA) is 79.1 Å². The summed E-state index contributed by atoms with van der Waals surface area (Å²) in [6.45, 7) is 0. The first-order chi connectivity index (χ1) is 15.5. The molecule has 0 aliphatic heterocycles. The van der Waals surface area contributed by atoms with Crippen molar-refractivity contribution in [2.45, 2.75) is 4.90 Å². The molecular formula is C26H18N2O3S. The smallest absolute Gasteiger partial charge is 0.282 e. The van der Waals surface area contributed by atoms with Crippen LogP contribution in [0.25, 0.3) is 32.7 Å². The lowest BCUT2D eigenvalue weighted by molar-refractivity contribution is 0.483. The van der Waals surface area contributed by atoms with Gasteiger partial charge in [-0.15, -0.1) is 10.2 Å². The zero-order valence-corrected chi connectivity index (χ0v) is 17.7. The number of nitrogens with zero attached hydrogens (tertiary/aromatic N) is 2. The van der Waals surface area contributed by atoms with Gasteiger partial charge in [-0.25, -0.2) is 0 Å². The Hall–Kier alpha value is -3.87. The first-order valence-electron chi connectivity index (χ1n) is 10.0. The van der Waals surface area contributed by atoms with Gasteiger partial charge in [0.05, 0.1) is 5.69 Å². The van der Waals surface area contributed by atoms with Crippen LogP contribution in [0.1, 0.15) is 0 Å². The van der Waals surface area contributed by atoms with Crippen molar-refractivity contribution in [2.24, 2.45) is 10.2 Å². The third-order valence-electron chi connectivity index (χ3n) is 5.35. The zero-order valence-electron chi connectivity index (χ0n) is 16.9. The molecule has 0 saturated carbocycles. The Bertz CT molecular complexity index is 1590. The van der Waals surface area contributed by atoms with Gasteiger partial charge in [-0.3, -0.25) is 4.55 Å². The second-order valence-corrected chi connectivity index (χ2v) is 8.75. The van der Waals surface area contributed by atoms with E-state index in [0.717, 1.165) is 16.2 Å². The zero-order chi connectivity index (χ0) is 22.1. The molecule has 0 amide bonds. The molecule has 5 aromatic rings. The van der Waals surface area contributed by atoms with Crippen LogP contribution in [0.2, 0.25) is 0 Å². The molecule has 0 heterocycles. The number of azo groups is 1. The maximum absolute atomic E-state index is 12.4. The summed E-state index contributed by atoms with van der Waals surface area (Å²) >= 11 is 0. The molecule has 5 rings (SSSR count). The van der Waals surface area contributed by atoms with Crippen LogP contribution in [0.3, 0.4) is 0 Å². The van der Waals surface area contributed by atoms with Crippen molar-refractivity contribution in [1.82, 2.24) is 0 Å². The normalized spacial score (nSPS) is 12.0. The summed E-state index contributed by atoms with van der Waals surface area (Å²) in [4.78, 5) is -0.200. The summed E-state index contributed by atoms with van der Waals surface area (Å²) in [5.41, 5.74) is 1.99. The van der Waals surface area contributed by atoms with E-state index in [4.69, 9.17) is 0 Å². The highest BCUT2D eigenvalue weighted by Gasteiger charge is 2.23. The van der Waals surface area contributed by atoms with Gasteiger partial charge in [-0.1, -0.05) is 91.0 Å². The number of rotatable bonds is 4. The standard InChI is InChI=1S/C26H18N2O3S/c29-32(30,31)24-17-20-12-5-7-15-22(20)26(25(24)19-10-2-1-3-11-19)28-27-23-16-8-13-18-9-4-6-14-21(18)23/h1-17H,(H,29,30,31). The van der Waals surface area contributed by atoms with E-state index < -0.39 is 10.1 Å². The van der Waals surface area contributed by atoms with Crippen LogP contribution in [-0.4, -0.2) is 13.0 Å². The minimum atomic E-state index is -4.51.